The van der Waals surface area contributed by atoms with Gasteiger partial charge in [0.05, 0.1) is 11.3 Å². The third-order valence-electron chi connectivity index (χ3n) is 5.13. The van der Waals surface area contributed by atoms with E-state index in [-0.39, 0.29) is 49.5 Å². The zero-order chi connectivity index (χ0) is 23.4. The maximum atomic E-state index is 13.2. The predicted molar refractivity (Wildman–Crippen MR) is 135 cm³/mol. The summed E-state index contributed by atoms with van der Waals surface area (Å²) in [5, 5.41) is 9.00. The number of rotatable bonds is 8. The largest absolute Gasteiger partial charge is 0.475 e. The first kappa shape index (κ1) is 29.2. The van der Waals surface area contributed by atoms with Gasteiger partial charge < -0.3 is 20.0 Å². The molecule has 0 aliphatic carbocycles. The summed E-state index contributed by atoms with van der Waals surface area (Å²) >= 11 is 0. The molecular formula is C25H30Cl2N2O5. The van der Waals surface area contributed by atoms with Crippen LogP contribution in [0.2, 0.25) is 0 Å². The SMILES string of the molecule is Cc1ccc(-c2c(CN)c(CC(C)C)nc(C)c2C(=O)OCc2ccc(C(=O)O)o2)cc1.Cl.Cl. The molecule has 3 N–H and O–H groups in total. The number of hydrogen-bond donors (Lipinski definition) is 2. The molecule has 1 aromatic carbocycles. The third-order valence-corrected chi connectivity index (χ3v) is 5.13. The van der Waals surface area contributed by atoms with Crippen LogP contribution in [0.1, 0.15) is 63.0 Å². The van der Waals surface area contributed by atoms with Crippen molar-refractivity contribution in [3.63, 3.8) is 0 Å². The van der Waals surface area contributed by atoms with Crippen LogP contribution in [0.15, 0.2) is 40.8 Å². The zero-order valence-electron chi connectivity index (χ0n) is 19.6. The smallest absolute Gasteiger partial charge is 0.371 e. The zero-order valence-corrected chi connectivity index (χ0v) is 21.2. The first-order valence-corrected chi connectivity index (χ1v) is 10.5. The quantitative estimate of drug-likeness (QED) is 0.385. The average Bonchev–Trinajstić information content (AvgIpc) is 3.21. The molecule has 2 heterocycles. The molecule has 0 bridgehead atoms. The molecule has 184 valence electrons. The van der Waals surface area contributed by atoms with Crippen LogP contribution in [-0.2, 0) is 24.3 Å². The van der Waals surface area contributed by atoms with Gasteiger partial charge in [-0.05, 0) is 49.4 Å². The Labute approximate surface area is 211 Å². The van der Waals surface area contributed by atoms with Crippen molar-refractivity contribution in [3.8, 4) is 11.1 Å². The number of hydrogen-bond acceptors (Lipinski definition) is 6. The average molecular weight is 509 g/mol. The Morgan fingerprint density at radius 2 is 1.74 bits per heavy atom. The number of aryl methyl sites for hydroxylation is 2. The lowest BCUT2D eigenvalue weighted by atomic mass is 9.90. The number of nitrogens with two attached hydrogens (primary N) is 1. The summed E-state index contributed by atoms with van der Waals surface area (Å²) in [6.45, 7) is 8.05. The molecule has 0 atom stereocenters. The monoisotopic (exact) mass is 508 g/mol. The van der Waals surface area contributed by atoms with Crippen LogP contribution in [0.4, 0.5) is 0 Å². The van der Waals surface area contributed by atoms with E-state index in [9.17, 15) is 9.59 Å². The molecule has 0 saturated heterocycles. The van der Waals surface area contributed by atoms with Gasteiger partial charge in [-0.25, -0.2) is 9.59 Å². The molecule has 34 heavy (non-hydrogen) atoms. The van der Waals surface area contributed by atoms with Gasteiger partial charge in [-0.15, -0.1) is 24.8 Å². The Bertz CT molecular complexity index is 1140. The summed E-state index contributed by atoms with van der Waals surface area (Å²) in [5.74, 6) is -1.34. The van der Waals surface area contributed by atoms with Crippen molar-refractivity contribution in [1.82, 2.24) is 4.98 Å². The molecule has 0 amide bonds. The summed E-state index contributed by atoms with van der Waals surface area (Å²) < 4.78 is 10.7. The summed E-state index contributed by atoms with van der Waals surface area (Å²) in [6.07, 6.45) is 0.742. The highest BCUT2D eigenvalue weighted by Crippen LogP contribution is 2.33. The van der Waals surface area contributed by atoms with Gasteiger partial charge >= 0.3 is 11.9 Å². The number of furan rings is 1. The highest BCUT2D eigenvalue weighted by molar-refractivity contribution is 5.99. The van der Waals surface area contributed by atoms with Crippen molar-refractivity contribution in [1.29, 1.82) is 0 Å². The van der Waals surface area contributed by atoms with Crippen LogP contribution >= 0.6 is 24.8 Å². The van der Waals surface area contributed by atoms with Gasteiger partial charge in [0, 0.05) is 17.8 Å². The van der Waals surface area contributed by atoms with Crippen LogP contribution in [0, 0.1) is 19.8 Å². The van der Waals surface area contributed by atoms with Crippen molar-refractivity contribution in [3.05, 3.63) is 76.0 Å². The van der Waals surface area contributed by atoms with E-state index in [0.717, 1.165) is 34.4 Å². The fourth-order valence-corrected chi connectivity index (χ4v) is 3.65. The number of ether oxygens (including phenoxy) is 1. The predicted octanol–water partition coefficient (Wildman–Crippen LogP) is 5.51. The summed E-state index contributed by atoms with van der Waals surface area (Å²) in [6, 6.07) is 10.7. The Balaban J connectivity index is 0.00000289. The molecule has 0 fully saturated rings. The molecule has 0 unspecified atom stereocenters. The van der Waals surface area contributed by atoms with Gasteiger partial charge in [-0.3, -0.25) is 4.98 Å². The van der Waals surface area contributed by atoms with Gasteiger partial charge in [0.1, 0.15) is 12.4 Å². The van der Waals surface area contributed by atoms with Crippen molar-refractivity contribution >= 4 is 36.8 Å². The van der Waals surface area contributed by atoms with E-state index < -0.39 is 11.9 Å². The Morgan fingerprint density at radius 1 is 1.09 bits per heavy atom. The van der Waals surface area contributed by atoms with E-state index in [1.54, 1.807) is 6.92 Å². The summed E-state index contributed by atoms with van der Waals surface area (Å²) in [7, 11) is 0. The van der Waals surface area contributed by atoms with Crippen LogP contribution in [0.5, 0.6) is 0 Å². The van der Waals surface area contributed by atoms with E-state index in [1.807, 2.05) is 31.2 Å². The van der Waals surface area contributed by atoms with Crippen LogP contribution < -0.4 is 5.73 Å². The van der Waals surface area contributed by atoms with Gasteiger partial charge in [0.2, 0.25) is 5.76 Å². The number of carboxylic acid groups (broad SMARTS) is 1. The molecule has 0 aliphatic rings. The standard InChI is InChI=1S/C25H28N2O5.2ClH/c1-14(2)11-20-19(12-26)23(17-7-5-15(3)6-8-17)22(16(4)27-20)25(30)31-13-18-9-10-21(32-18)24(28)29;;/h5-10,14H,11-13,26H2,1-4H3,(H,28,29);2*1H. The van der Waals surface area contributed by atoms with Gasteiger partial charge in [0.25, 0.3) is 0 Å². The Kier molecular flexibility index (Phi) is 10.8. The first-order valence-electron chi connectivity index (χ1n) is 10.5. The number of halogens is 2. The molecule has 7 nitrogen and oxygen atoms in total. The molecule has 0 aliphatic heterocycles. The van der Waals surface area contributed by atoms with Crippen LogP contribution in [0.25, 0.3) is 11.1 Å². The number of aromatic carboxylic acids is 1. The Hall–Kier alpha value is -2.87. The second kappa shape index (κ2) is 12.6. The minimum Gasteiger partial charge on any atom is -0.475 e. The topological polar surface area (TPSA) is 116 Å². The maximum absolute atomic E-state index is 13.2. The molecule has 0 spiro atoms. The second-order valence-corrected chi connectivity index (χ2v) is 8.19. The number of aromatic nitrogens is 1. The van der Waals surface area contributed by atoms with E-state index >= 15 is 0 Å². The number of benzene rings is 1. The number of pyridine rings is 1. The minimum atomic E-state index is -1.18. The third kappa shape index (κ3) is 6.59. The number of carboxylic acids is 1. The van der Waals surface area contributed by atoms with Crippen LogP contribution in [-0.4, -0.2) is 22.0 Å². The lowest BCUT2D eigenvalue weighted by molar-refractivity contribution is 0.0441. The molecule has 9 heteroatoms. The minimum absolute atomic E-state index is 0. The molecule has 0 radical (unpaired) electrons. The first-order chi connectivity index (χ1) is 15.2. The van der Waals surface area contributed by atoms with Gasteiger partial charge in [0.15, 0.2) is 0 Å². The highest BCUT2D eigenvalue weighted by Gasteiger charge is 2.25. The molecule has 3 aromatic rings. The van der Waals surface area contributed by atoms with Gasteiger partial charge in [-0.1, -0.05) is 43.7 Å². The number of carbonyl (C=O) groups is 2. The number of nitrogens with zero attached hydrogens (tertiary/aromatic N) is 1. The number of esters is 1. The number of carbonyl (C=O) groups excluding carboxylic acids is 1. The summed E-state index contributed by atoms with van der Waals surface area (Å²) in [5.41, 5.74) is 11.5. The van der Waals surface area contributed by atoms with Crippen LogP contribution in [0.3, 0.4) is 0 Å². The highest BCUT2D eigenvalue weighted by atomic mass is 35.5. The van der Waals surface area contributed by atoms with Crippen molar-refractivity contribution in [2.45, 2.75) is 47.3 Å². The lowest BCUT2D eigenvalue weighted by Gasteiger charge is -2.20. The summed E-state index contributed by atoms with van der Waals surface area (Å²) in [4.78, 5) is 28.9. The fraction of sp³-hybridized carbons (Fsp3) is 0.320. The van der Waals surface area contributed by atoms with E-state index in [1.165, 1.54) is 12.1 Å². The van der Waals surface area contributed by atoms with Crippen molar-refractivity contribution < 1.29 is 23.8 Å². The molecule has 0 saturated carbocycles. The molecule has 2 aromatic heterocycles. The second-order valence-electron chi connectivity index (χ2n) is 8.19. The van der Waals surface area contributed by atoms with Crippen molar-refractivity contribution in [2.24, 2.45) is 11.7 Å². The molecular weight excluding hydrogens is 479 g/mol. The van der Waals surface area contributed by atoms with Gasteiger partial charge in [-0.2, -0.15) is 0 Å². The van der Waals surface area contributed by atoms with E-state index in [2.05, 4.69) is 13.8 Å². The van der Waals surface area contributed by atoms with E-state index in [4.69, 9.17) is 25.0 Å². The molecule has 3 rings (SSSR count). The van der Waals surface area contributed by atoms with Crippen molar-refractivity contribution in [2.75, 3.05) is 0 Å². The van der Waals surface area contributed by atoms with E-state index in [0.29, 0.717) is 17.2 Å². The fourth-order valence-electron chi connectivity index (χ4n) is 3.65. The Morgan fingerprint density at radius 3 is 2.26 bits per heavy atom. The normalized spacial score (nSPS) is 10.4. The maximum Gasteiger partial charge on any atom is 0.371 e. The lowest BCUT2D eigenvalue weighted by Crippen LogP contribution is -2.17.